The summed E-state index contributed by atoms with van der Waals surface area (Å²) in [6, 6.07) is 15.4. The molecule has 0 spiro atoms. The number of anilines is 1. The molecule has 0 unspecified atom stereocenters. The molecule has 6 heteroatoms. The molecule has 2 aromatic carbocycles. The van der Waals surface area contributed by atoms with E-state index in [4.69, 9.17) is 4.74 Å². The van der Waals surface area contributed by atoms with Gasteiger partial charge in [-0.3, -0.25) is 9.48 Å². The number of hydrogen-bond donors (Lipinski definition) is 1. The average Bonchev–Trinajstić information content (AvgIpc) is 3.12. The van der Waals surface area contributed by atoms with Gasteiger partial charge in [0.25, 0.3) is 5.91 Å². The summed E-state index contributed by atoms with van der Waals surface area (Å²) < 4.78 is 7.66. The topological polar surface area (TPSA) is 59.4 Å². The van der Waals surface area contributed by atoms with Crippen LogP contribution in [0.4, 0.5) is 5.69 Å². The molecule has 1 amide bonds. The van der Waals surface area contributed by atoms with Crippen LogP contribution in [0.1, 0.15) is 21.5 Å². The summed E-state index contributed by atoms with van der Waals surface area (Å²) in [5, 5.41) is 7.16. The molecule has 0 aliphatic carbocycles. The monoisotopic (exact) mass is 378 g/mol. The summed E-state index contributed by atoms with van der Waals surface area (Å²) >= 11 is 0. The van der Waals surface area contributed by atoms with Gasteiger partial charge in [-0.1, -0.05) is 35.9 Å². The molecule has 1 N–H and O–H groups in total. The number of ether oxygens (including phenoxy) is 1. The van der Waals surface area contributed by atoms with E-state index >= 15 is 0 Å². The number of aryl methyl sites for hydroxylation is 1. The first-order valence-corrected chi connectivity index (χ1v) is 9.26. The number of nitrogens with zero attached hydrogens (tertiary/aromatic N) is 3. The second-order valence-corrected chi connectivity index (χ2v) is 7.06. The largest absolute Gasteiger partial charge is 0.489 e. The maximum Gasteiger partial charge on any atom is 0.255 e. The number of nitrogens with one attached hydrogen (secondary N) is 1. The summed E-state index contributed by atoms with van der Waals surface area (Å²) in [5.41, 5.74) is 3.51. The van der Waals surface area contributed by atoms with Gasteiger partial charge in [0.15, 0.2) is 0 Å². The molecule has 146 valence electrons. The highest BCUT2D eigenvalue weighted by atomic mass is 16.5. The van der Waals surface area contributed by atoms with E-state index < -0.39 is 0 Å². The second kappa shape index (κ2) is 9.19. The Kier molecular flexibility index (Phi) is 6.45. The van der Waals surface area contributed by atoms with E-state index in [1.54, 1.807) is 18.3 Å². The first kappa shape index (κ1) is 19.6. The minimum atomic E-state index is -0.187. The van der Waals surface area contributed by atoms with Crippen LogP contribution in [0.15, 0.2) is 60.9 Å². The molecule has 6 nitrogen and oxygen atoms in total. The lowest BCUT2D eigenvalue weighted by Crippen LogP contribution is -2.18. The van der Waals surface area contributed by atoms with Crippen LogP contribution in [0.5, 0.6) is 5.75 Å². The first-order valence-electron chi connectivity index (χ1n) is 9.26. The van der Waals surface area contributed by atoms with Gasteiger partial charge in [0, 0.05) is 18.3 Å². The lowest BCUT2D eigenvalue weighted by atomic mass is 10.1. The van der Waals surface area contributed by atoms with Crippen LogP contribution in [0.3, 0.4) is 0 Å². The van der Waals surface area contributed by atoms with E-state index in [1.807, 2.05) is 49.2 Å². The maximum atomic E-state index is 12.5. The number of hydrogen-bond acceptors (Lipinski definition) is 4. The fourth-order valence-electron chi connectivity index (χ4n) is 2.75. The van der Waals surface area contributed by atoms with Crippen molar-refractivity contribution < 1.29 is 9.53 Å². The highest BCUT2D eigenvalue weighted by Gasteiger charge is 2.09. The molecule has 28 heavy (non-hydrogen) atoms. The third kappa shape index (κ3) is 5.69. The Hall–Kier alpha value is -3.12. The SMILES string of the molecule is Cc1cccc(COc2cccc(C(=O)Nc3cnn(CCN(C)C)c3)c2)c1. The van der Waals surface area contributed by atoms with Crippen LogP contribution in [0, 0.1) is 6.92 Å². The normalized spacial score (nSPS) is 10.9. The summed E-state index contributed by atoms with van der Waals surface area (Å²) in [5.74, 6) is 0.476. The number of likely N-dealkylation sites (N-methyl/N-ethyl adjacent to an activating group) is 1. The second-order valence-electron chi connectivity index (χ2n) is 7.06. The predicted molar refractivity (Wildman–Crippen MR) is 111 cm³/mol. The molecular formula is C22H26N4O2. The maximum absolute atomic E-state index is 12.5. The number of aromatic nitrogens is 2. The number of benzene rings is 2. The van der Waals surface area contributed by atoms with Gasteiger partial charge in [-0.05, 0) is 44.8 Å². The lowest BCUT2D eigenvalue weighted by molar-refractivity contribution is 0.102. The smallest absolute Gasteiger partial charge is 0.255 e. The minimum Gasteiger partial charge on any atom is -0.489 e. The number of rotatable bonds is 8. The molecule has 0 aliphatic rings. The van der Waals surface area contributed by atoms with E-state index in [1.165, 1.54) is 5.56 Å². The van der Waals surface area contributed by atoms with Gasteiger partial charge in [-0.25, -0.2) is 0 Å². The quantitative estimate of drug-likeness (QED) is 0.651. The standard InChI is InChI=1S/C22H26N4O2/c1-17-6-4-7-18(12-17)16-28-21-9-5-8-19(13-21)22(27)24-20-14-23-26(15-20)11-10-25(2)3/h4-9,12-15H,10-11,16H2,1-3H3,(H,24,27). The minimum absolute atomic E-state index is 0.187. The zero-order valence-electron chi connectivity index (χ0n) is 16.6. The molecule has 0 atom stereocenters. The lowest BCUT2D eigenvalue weighted by Gasteiger charge is -2.09. The number of amides is 1. The van der Waals surface area contributed by atoms with Gasteiger partial charge in [0.05, 0.1) is 18.4 Å². The fraction of sp³-hybridized carbons (Fsp3) is 0.273. The van der Waals surface area contributed by atoms with Crippen LogP contribution in [0.2, 0.25) is 0 Å². The van der Waals surface area contributed by atoms with Crippen molar-refractivity contribution in [1.82, 2.24) is 14.7 Å². The van der Waals surface area contributed by atoms with Crippen molar-refractivity contribution in [3.8, 4) is 5.75 Å². The van der Waals surface area contributed by atoms with Gasteiger partial charge < -0.3 is 15.0 Å². The zero-order valence-corrected chi connectivity index (χ0v) is 16.6. The third-order valence-electron chi connectivity index (χ3n) is 4.25. The van der Waals surface area contributed by atoms with E-state index in [2.05, 4.69) is 34.4 Å². The number of carbonyl (C=O) groups is 1. The van der Waals surface area contributed by atoms with Crippen molar-refractivity contribution >= 4 is 11.6 Å². The molecule has 3 rings (SSSR count). The Morgan fingerprint density at radius 3 is 2.79 bits per heavy atom. The highest BCUT2D eigenvalue weighted by Crippen LogP contribution is 2.17. The van der Waals surface area contributed by atoms with Crippen LogP contribution in [-0.4, -0.2) is 41.2 Å². The predicted octanol–water partition coefficient (Wildman–Crippen LogP) is 3.58. The Morgan fingerprint density at radius 1 is 1.18 bits per heavy atom. The van der Waals surface area contributed by atoms with Crippen LogP contribution in [0.25, 0.3) is 0 Å². The molecule has 0 aliphatic heterocycles. The summed E-state index contributed by atoms with van der Waals surface area (Å²) in [6.07, 6.45) is 3.49. The van der Waals surface area contributed by atoms with Gasteiger partial charge >= 0.3 is 0 Å². The molecule has 0 radical (unpaired) electrons. The molecule has 1 aromatic heterocycles. The average molecular weight is 378 g/mol. The fourth-order valence-corrected chi connectivity index (χ4v) is 2.75. The Labute approximate surface area is 165 Å². The van der Waals surface area contributed by atoms with Gasteiger partial charge in [0.1, 0.15) is 12.4 Å². The van der Waals surface area contributed by atoms with Gasteiger partial charge in [-0.2, -0.15) is 5.10 Å². The van der Waals surface area contributed by atoms with Gasteiger partial charge in [0.2, 0.25) is 0 Å². The van der Waals surface area contributed by atoms with Crippen molar-refractivity contribution in [2.24, 2.45) is 0 Å². The highest BCUT2D eigenvalue weighted by molar-refractivity contribution is 6.04. The van der Waals surface area contributed by atoms with E-state index in [-0.39, 0.29) is 5.91 Å². The third-order valence-corrected chi connectivity index (χ3v) is 4.25. The molecule has 0 saturated carbocycles. The first-order chi connectivity index (χ1) is 13.5. The van der Waals surface area contributed by atoms with Crippen molar-refractivity contribution in [1.29, 1.82) is 0 Å². The summed E-state index contributed by atoms with van der Waals surface area (Å²) in [6.45, 7) is 4.17. The molecular weight excluding hydrogens is 352 g/mol. The molecule has 0 bridgehead atoms. The van der Waals surface area contributed by atoms with Crippen LogP contribution < -0.4 is 10.1 Å². The van der Waals surface area contributed by atoms with Crippen LogP contribution >= 0.6 is 0 Å². The zero-order chi connectivity index (χ0) is 19.9. The summed E-state index contributed by atoms with van der Waals surface area (Å²) in [7, 11) is 4.03. The van der Waals surface area contributed by atoms with Crippen molar-refractivity contribution in [2.45, 2.75) is 20.1 Å². The Morgan fingerprint density at radius 2 is 2.00 bits per heavy atom. The van der Waals surface area contributed by atoms with E-state index in [9.17, 15) is 4.79 Å². The van der Waals surface area contributed by atoms with Crippen molar-refractivity contribution in [3.05, 3.63) is 77.6 Å². The Balaban J connectivity index is 1.59. The molecule has 0 saturated heterocycles. The van der Waals surface area contributed by atoms with Crippen molar-refractivity contribution in [2.75, 3.05) is 26.0 Å². The van der Waals surface area contributed by atoms with E-state index in [0.717, 1.165) is 18.7 Å². The van der Waals surface area contributed by atoms with Crippen molar-refractivity contribution in [3.63, 3.8) is 0 Å². The summed E-state index contributed by atoms with van der Waals surface area (Å²) in [4.78, 5) is 14.6. The number of carbonyl (C=O) groups excluding carboxylic acids is 1. The van der Waals surface area contributed by atoms with E-state index in [0.29, 0.717) is 23.6 Å². The Bertz CT molecular complexity index is 934. The molecule has 0 fully saturated rings. The molecule has 3 aromatic rings. The van der Waals surface area contributed by atoms with Gasteiger partial charge in [-0.15, -0.1) is 0 Å². The molecule has 1 heterocycles. The van der Waals surface area contributed by atoms with Crippen LogP contribution in [-0.2, 0) is 13.2 Å².